The zero-order valence-corrected chi connectivity index (χ0v) is 13.0. The van der Waals surface area contributed by atoms with Crippen molar-refractivity contribution in [3.63, 3.8) is 0 Å². The molecule has 23 heavy (non-hydrogen) atoms. The number of carbonyl (C=O) groups excluding carboxylic acids is 1. The van der Waals surface area contributed by atoms with Crippen LogP contribution in [0.1, 0.15) is 25.0 Å². The van der Waals surface area contributed by atoms with Gasteiger partial charge in [0.25, 0.3) is 0 Å². The van der Waals surface area contributed by atoms with Crippen molar-refractivity contribution in [3.8, 4) is 11.5 Å². The van der Waals surface area contributed by atoms with Gasteiger partial charge in [0, 0.05) is 6.42 Å². The van der Waals surface area contributed by atoms with Crippen LogP contribution in [-0.4, -0.2) is 18.0 Å². The molecule has 0 saturated heterocycles. The fraction of sp³-hybridized carbons (Fsp3) is 0.222. The summed E-state index contributed by atoms with van der Waals surface area (Å²) in [5.74, 6) is 0.500. The first-order valence-electron chi connectivity index (χ1n) is 7.34. The lowest BCUT2D eigenvalue weighted by molar-refractivity contribution is -0.165. The molecule has 0 fully saturated rings. The molecule has 1 heterocycles. The molecular formula is C18H17NO4. The fourth-order valence-corrected chi connectivity index (χ4v) is 2.27. The van der Waals surface area contributed by atoms with Crippen LogP contribution in [0.2, 0.25) is 0 Å². The molecule has 0 radical (unpaired) electrons. The Balaban J connectivity index is 1.96. The van der Waals surface area contributed by atoms with Crippen LogP contribution in [0.25, 0.3) is 0 Å². The highest BCUT2D eigenvalue weighted by Gasteiger charge is 2.28. The molecular weight excluding hydrogens is 294 g/mol. The molecule has 1 aliphatic heterocycles. The monoisotopic (exact) mass is 311 g/mol. The van der Waals surface area contributed by atoms with Gasteiger partial charge in [-0.1, -0.05) is 41.6 Å². The molecule has 0 amide bonds. The SMILES string of the molecule is CC(C)=NOC(=O)C1Oc2ccccc2Cc2ccccc2O1. The zero-order chi connectivity index (χ0) is 16.2. The molecule has 0 aromatic heterocycles. The maximum absolute atomic E-state index is 12.2. The van der Waals surface area contributed by atoms with Crippen molar-refractivity contribution < 1.29 is 19.1 Å². The second-order valence-corrected chi connectivity index (χ2v) is 5.41. The first kappa shape index (κ1) is 15.1. The number of oxime groups is 1. The third-order valence-corrected chi connectivity index (χ3v) is 3.30. The summed E-state index contributed by atoms with van der Waals surface area (Å²) in [6, 6.07) is 15.1. The average molecular weight is 311 g/mol. The quantitative estimate of drug-likeness (QED) is 0.485. The van der Waals surface area contributed by atoms with Gasteiger partial charge in [-0.3, -0.25) is 0 Å². The van der Waals surface area contributed by atoms with Gasteiger partial charge in [-0.05, 0) is 37.1 Å². The van der Waals surface area contributed by atoms with Gasteiger partial charge in [-0.15, -0.1) is 0 Å². The number of hydrogen-bond acceptors (Lipinski definition) is 5. The van der Waals surface area contributed by atoms with E-state index in [0.717, 1.165) is 11.1 Å². The van der Waals surface area contributed by atoms with E-state index >= 15 is 0 Å². The molecule has 0 saturated carbocycles. The molecule has 3 rings (SSSR count). The third-order valence-electron chi connectivity index (χ3n) is 3.30. The maximum atomic E-state index is 12.2. The highest BCUT2D eigenvalue weighted by atomic mass is 16.7. The standard InChI is InChI=1S/C18H17NO4/c1-12(2)19-23-17(20)18-21-15-9-5-3-7-13(15)11-14-8-4-6-10-16(14)22-18/h3-10,18H,11H2,1-2H3. The van der Waals surface area contributed by atoms with Crippen LogP contribution in [0.4, 0.5) is 0 Å². The number of ether oxygens (including phenoxy) is 2. The van der Waals surface area contributed by atoms with Gasteiger partial charge in [-0.25, -0.2) is 4.79 Å². The Bertz CT molecular complexity index is 703. The second-order valence-electron chi connectivity index (χ2n) is 5.41. The first-order valence-corrected chi connectivity index (χ1v) is 7.34. The molecule has 5 nitrogen and oxygen atoms in total. The Morgan fingerprint density at radius 3 is 2.04 bits per heavy atom. The first-order chi connectivity index (χ1) is 11.1. The molecule has 0 spiro atoms. The summed E-state index contributed by atoms with van der Waals surface area (Å²) in [5.41, 5.74) is 2.59. The summed E-state index contributed by atoms with van der Waals surface area (Å²) in [4.78, 5) is 17.1. The number of hydrogen-bond donors (Lipinski definition) is 0. The minimum atomic E-state index is -1.21. The lowest BCUT2D eigenvalue weighted by Gasteiger charge is -2.24. The second kappa shape index (κ2) is 6.52. The van der Waals surface area contributed by atoms with Crippen LogP contribution in [-0.2, 0) is 16.1 Å². The highest BCUT2D eigenvalue weighted by Crippen LogP contribution is 2.30. The topological polar surface area (TPSA) is 57.1 Å². The predicted octanol–water partition coefficient (Wildman–Crippen LogP) is 3.31. The summed E-state index contributed by atoms with van der Waals surface area (Å²) < 4.78 is 11.4. The average Bonchev–Trinajstić information content (AvgIpc) is 2.52. The minimum Gasteiger partial charge on any atom is -0.445 e. The Morgan fingerprint density at radius 2 is 1.52 bits per heavy atom. The summed E-state index contributed by atoms with van der Waals surface area (Å²) in [5, 5.41) is 3.67. The van der Waals surface area contributed by atoms with Gasteiger partial charge in [0.1, 0.15) is 11.5 Å². The molecule has 0 atom stereocenters. The Morgan fingerprint density at radius 1 is 1.00 bits per heavy atom. The van der Waals surface area contributed by atoms with E-state index < -0.39 is 12.3 Å². The van der Waals surface area contributed by atoms with E-state index in [9.17, 15) is 4.79 Å². The van der Waals surface area contributed by atoms with E-state index in [1.165, 1.54) is 0 Å². The maximum Gasteiger partial charge on any atom is 0.415 e. The fourth-order valence-electron chi connectivity index (χ4n) is 2.27. The van der Waals surface area contributed by atoms with Crippen molar-refractivity contribution in [1.29, 1.82) is 0 Å². The van der Waals surface area contributed by atoms with E-state index in [0.29, 0.717) is 23.6 Å². The Hall–Kier alpha value is -2.82. The normalized spacial score (nSPS) is 13.3. The largest absolute Gasteiger partial charge is 0.445 e. The summed E-state index contributed by atoms with van der Waals surface area (Å²) >= 11 is 0. The van der Waals surface area contributed by atoms with Crippen molar-refractivity contribution in [1.82, 2.24) is 0 Å². The summed E-state index contributed by atoms with van der Waals surface area (Å²) in [7, 11) is 0. The van der Waals surface area contributed by atoms with Gasteiger partial charge >= 0.3 is 12.3 Å². The molecule has 118 valence electrons. The van der Waals surface area contributed by atoms with E-state index in [-0.39, 0.29) is 0 Å². The lowest BCUT2D eigenvalue weighted by Crippen LogP contribution is -2.35. The number of para-hydroxylation sites is 2. The van der Waals surface area contributed by atoms with E-state index in [1.807, 2.05) is 36.4 Å². The van der Waals surface area contributed by atoms with Crippen molar-refractivity contribution in [2.45, 2.75) is 26.6 Å². The van der Waals surface area contributed by atoms with Crippen LogP contribution in [0, 0.1) is 0 Å². The molecule has 0 bridgehead atoms. The molecule has 0 unspecified atom stereocenters. The van der Waals surface area contributed by atoms with Gasteiger partial charge < -0.3 is 14.3 Å². The number of benzene rings is 2. The molecule has 2 aromatic rings. The number of nitrogens with zero attached hydrogens (tertiary/aromatic N) is 1. The van der Waals surface area contributed by atoms with Crippen LogP contribution < -0.4 is 9.47 Å². The molecule has 1 aliphatic rings. The van der Waals surface area contributed by atoms with E-state index in [1.54, 1.807) is 26.0 Å². The number of carbonyl (C=O) groups is 1. The van der Waals surface area contributed by atoms with Gasteiger partial charge in [0.05, 0.1) is 5.71 Å². The van der Waals surface area contributed by atoms with Crippen molar-refractivity contribution in [3.05, 3.63) is 59.7 Å². The minimum absolute atomic E-state index is 0.598. The Kier molecular flexibility index (Phi) is 4.28. The molecule has 0 aliphatic carbocycles. The highest BCUT2D eigenvalue weighted by molar-refractivity contribution is 5.80. The molecule has 2 aromatic carbocycles. The Labute approximate surface area is 134 Å². The van der Waals surface area contributed by atoms with Crippen LogP contribution in [0.3, 0.4) is 0 Å². The lowest BCUT2D eigenvalue weighted by atomic mass is 10.0. The number of fused-ring (bicyclic) bond motifs is 2. The van der Waals surface area contributed by atoms with Crippen LogP contribution in [0.5, 0.6) is 11.5 Å². The number of rotatable bonds is 2. The third kappa shape index (κ3) is 3.51. The summed E-state index contributed by atoms with van der Waals surface area (Å²) in [6.07, 6.45) is -0.541. The van der Waals surface area contributed by atoms with Crippen molar-refractivity contribution in [2.75, 3.05) is 0 Å². The van der Waals surface area contributed by atoms with Gasteiger partial charge in [0.15, 0.2) is 0 Å². The van der Waals surface area contributed by atoms with Gasteiger partial charge in [0.2, 0.25) is 0 Å². The van der Waals surface area contributed by atoms with Crippen molar-refractivity contribution >= 4 is 11.7 Å². The van der Waals surface area contributed by atoms with Crippen LogP contribution >= 0.6 is 0 Å². The van der Waals surface area contributed by atoms with Crippen LogP contribution in [0.15, 0.2) is 53.7 Å². The molecule has 5 heteroatoms. The zero-order valence-electron chi connectivity index (χ0n) is 13.0. The predicted molar refractivity (Wildman–Crippen MR) is 85.6 cm³/mol. The van der Waals surface area contributed by atoms with Crippen molar-refractivity contribution in [2.24, 2.45) is 5.16 Å². The van der Waals surface area contributed by atoms with E-state index in [2.05, 4.69) is 5.16 Å². The smallest absolute Gasteiger partial charge is 0.415 e. The van der Waals surface area contributed by atoms with E-state index in [4.69, 9.17) is 14.3 Å². The summed E-state index contributed by atoms with van der Waals surface area (Å²) in [6.45, 7) is 3.47. The molecule has 0 N–H and O–H groups in total. The van der Waals surface area contributed by atoms with Gasteiger partial charge in [-0.2, -0.15) is 0 Å².